The molecule has 0 aliphatic heterocycles. The van der Waals surface area contributed by atoms with E-state index >= 15 is 0 Å². The maximum absolute atomic E-state index is 4.76. The third-order valence-corrected chi connectivity index (χ3v) is 5.69. The fraction of sp³-hybridized carbons (Fsp3) is 0.105. The standard InChI is InChI=1S/C19H15N3S2/c1-13-6-8-14(9-7-13)18-22-15(10-23-18)11-24-19-16-4-2-3-5-17(16)20-12-21-19/h2-10,12H,11H2,1H3. The lowest BCUT2D eigenvalue weighted by Gasteiger charge is -2.03. The van der Waals surface area contributed by atoms with Crippen molar-refractivity contribution in [1.29, 1.82) is 0 Å². The lowest BCUT2D eigenvalue weighted by atomic mass is 10.2. The molecule has 0 N–H and O–H groups in total. The van der Waals surface area contributed by atoms with Gasteiger partial charge in [0.25, 0.3) is 0 Å². The van der Waals surface area contributed by atoms with Gasteiger partial charge in [-0.05, 0) is 13.0 Å². The molecule has 0 radical (unpaired) electrons. The summed E-state index contributed by atoms with van der Waals surface area (Å²) in [5.74, 6) is 0.809. The molecule has 24 heavy (non-hydrogen) atoms. The second-order valence-electron chi connectivity index (χ2n) is 5.49. The first-order valence-electron chi connectivity index (χ1n) is 7.63. The van der Waals surface area contributed by atoms with Gasteiger partial charge in [-0.2, -0.15) is 0 Å². The van der Waals surface area contributed by atoms with Crippen LogP contribution in [0.15, 0.2) is 65.3 Å². The van der Waals surface area contributed by atoms with Crippen LogP contribution in [0.1, 0.15) is 11.3 Å². The fourth-order valence-corrected chi connectivity index (χ4v) is 4.25. The van der Waals surface area contributed by atoms with E-state index in [0.717, 1.165) is 32.4 Å². The van der Waals surface area contributed by atoms with Crippen LogP contribution >= 0.6 is 23.1 Å². The number of thioether (sulfide) groups is 1. The minimum atomic E-state index is 0.809. The number of rotatable bonds is 4. The lowest BCUT2D eigenvalue weighted by molar-refractivity contribution is 1.10. The number of para-hydroxylation sites is 1. The Hall–Kier alpha value is -2.24. The van der Waals surface area contributed by atoms with Gasteiger partial charge in [-0.1, -0.05) is 59.8 Å². The van der Waals surface area contributed by atoms with E-state index < -0.39 is 0 Å². The van der Waals surface area contributed by atoms with Crippen LogP contribution in [-0.2, 0) is 5.75 Å². The van der Waals surface area contributed by atoms with Crippen molar-refractivity contribution in [3.05, 3.63) is 71.5 Å². The molecule has 0 unspecified atom stereocenters. The second-order valence-corrected chi connectivity index (χ2v) is 7.32. The number of benzene rings is 2. The van der Waals surface area contributed by atoms with E-state index in [0.29, 0.717) is 0 Å². The number of hydrogen-bond acceptors (Lipinski definition) is 5. The van der Waals surface area contributed by atoms with Gasteiger partial charge in [0.15, 0.2) is 0 Å². The SMILES string of the molecule is Cc1ccc(-c2nc(CSc3ncnc4ccccc34)cs2)cc1. The Balaban J connectivity index is 1.53. The Morgan fingerprint density at radius 3 is 2.71 bits per heavy atom. The molecule has 4 rings (SSSR count). The summed E-state index contributed by atoms with van der Waals surface area (Å²) in [5, 5.41) is 5.30. The summed E-state index contributed by atoms with van der Waals surface area (Å²) < 4.78 is 0. The minimum Gasteiger partial charge on any atom is -0.240 e. The molecule has 4 aromatic rings. The van der Waals surface area contributed by atoms with Crippen molar-refractivity contribution >= 4 is 34.0 Å². The van der Waals surface area contributed by atoms with Crippen LogP contribution in [0.25, 0.3) is 21.5 Å². The molecule has 118 valence electrons. The molecule has 0 amide bonds. The van der Waals surface area contributed by atoms with Crippen molar-refractivity contribution in [3.8, 4) is 10.6 Å². The maximum atomic E-state index is 4.76. The molecule has 0 atom stereocenters. The Morgan fingerprint density at radius 1 is 1.00 bits per heavy atom. The zero-order chi connectivity index (χ0) is 16.4. The molecule has 5 heteroatoms. The Kier molecular flexibility index (Phi) is 4.28. The van der Waals surface area contributed by atoms with E-state index in [-0.39, 0.29) is 0 Å². The van der Waals surface area contributed by atoms with Crippen LogP contribution in [-0.4, -0.2) is 15.0 Å². The van der Waals surface area contributed by atoms with Crippen LogP contribution in [0.2, 0.25) is 0 Å². The van der Waals surface area contributed by atoms with Gasteiger partial charge in [0.1, 0.15) is 16.4 Å². The minimum absolute atomic E-state index is 0.809. The Bertz CT molecular complexity index is 972. The van der Waals surface area contributed by atoms with Gasteiger partial charge in [0.05, 0.1) is 11.2 Å². The number of nitrogens with zero attached hydrogens (tertiary/aromatic N) is 3. The van der Waals surface area contributed by atoms with Crippen LogP contribution in [0, 0.1) is 6.92 Å². The fourth-order valence-electron chi connectivity index (χ4n) is 2.44. The van der Waals surface area contributed by atoms with Crippen molar-refractivity contribution in [2.24, 2.45) is 0 Å². The van der Waals surface area contributed by atoms with Crippen LogP contribution in [0.3, 0.4) is 0 Å². The first kappa shape index (κ1) is 15.3. The molecule has 2 heterocycles. The van der Waals surface area contributed by atoms with E-state index in [9.17, 15) is 0 Å². The van der Waals surface area contributed by atoms with Crippen LogP contribution in [0.5, 0.6) is 0 Å². The molecule has 0 fully saturated rings. The largest absolute Gasteiger partial charge is 0.240 e. The lowest BCUT2D eigenvalue weighted by Crippen LogP contribution is -1.88. The van der Waals surface area contributed by atoms with Crippen molar-refractivity contribution < 1.29 is 0 Å². The van der Waals surface area contributed by atoms with E-state index in [4.69, 9.17) is 4.98 Å². The summed E-state index contributed by atoms with van der Waals surface area (Å²) in [4.78, 5) is 13.5. The van der Waals surface area contributed by atoms with E-state index in [2.05, 4.69) is 52.6 Å². The summed E-state index contributed by atoms with van der Waals surface area (Å²) in [6.07, 6.45) is 1.63. The first-order chi connectivity index (χ1) is 11.8. The third-order valence-electron chi connectivity index (χ3n) is 3.71. The average Bonchev–Trinajstić information content (AvgIpc) is 3.09. The third kappa shape index (κ3) is 3.18. The summed E-state index contributed by atoms with van der Waals surface area (Å²) in [6.45, 7) is 2.10. The highest BCUT2D eigenvalue weighted by Gasteiger charge is 2.08. The first-order valence-corrected chi connectivity index (χ1v) is 9.50. The van der Waals surface area contributed by atoms with Crippen LogP contribution < -0.4 is 0 Å². The van der Waals surface area contributed by atoms with Gasteiger partial charge in [0, 0.05) is 22.1 Å². The average molecular weight is 349 g/mol. The predicted molar refractivity (Wildman–Crippen MR) is 101 cm³/mol. The highest BCUT2D eigenvalue weighted by Crippen LogP contribution is 2.30. The van der Waals surface area contributed by atoms with Gasteiger partial charge in [-0.25, -0.2) is 15.0 Å². The smallest absolute Gasteiger partial charge is 0.123 e. The summed E-state index contributed by atoms with van der Waals surface area (Å²) >= 11 is 3.40. The molecule has 0 aliphatic rings. The summed E-state index contributed by atoms with van der Waals surface area (Å²) in [6, 6.07) is 16.6. The second kappa shape index (κ2) is 6.71. The molecule has 0 spiro atoms. The summed E-state index contributed by atoms with van der Waals surface area (Å²) in [7, 11) is 0. The van der Waals surface area contributed by atoms with Gasteiger partial charge >= 0.3 is 0 Å². The number of hydrogen-bond donors (Lipinski definition) is 0. The topological polar surface area (TPSA) is 38.7 Å². The van der Waals surface area contributed by atoms with Crippen molar-refractivity contribution in [3.63, 3.8) is 0 Å². The van der Waals surface area contributed by atoms with E-state index in [1.807, 2.05) is 18.2 Å². The number of aryl methyl sites for hydroxylation is 1. The molecule has 0 aliphatic carbocycles. The molecular formula is C19H15N3S2. The number of fused-ring (bicyclic) bond motifs is 1. The number of aromatic nitrogens is 3. The van der Waals surface area contributed by atoms with Crippen molar-refractivity contribution in [1.82, 2.24) is 15.0 Å². The molecule has 2 aromatic heterocycles. The molecule has 0 bridgehead atoms. The van der Waals surface area contributed by atoms with Gasteiger partial charge in [-0.3, -0.25) is 0 Å². The van der Waals surface area contributed by atoms with Gasteiger partial charge in [0.2, 0.25) is 0 Å². The molecule has 3 nitrogen and oxygen atoms in total. The van der Waals surface area contributed by atoms with Crippen molar-refractivity contribution in [2.45, 2.75) is 17.7 Å². The van der Waals surface area contributed by atoms with Crippen LogP contribution in [0.4, 0.5) is 0 Å². The van der Waals surface area contributed by atoms with E-state index in [1.54, 1.807) is 29.4 Å². The Labute approximate surface area is 148 Å². The highest BCUT2D eigenvalue weighted by molar-refractivity contribution is 7.98. The normalized spacial score (nSPS) is 11.0. The van der Waals surface area contributed by atoms with Crippen molar-refractivity contribution in [2.75, 3.05) is 0 Å². The molecule has 0 saturated heterocycles. The maximum Gasteiger partial charge on any atom is 0.123 e. The van der Waals surface area contributed by atoms with Gasteiger partial charge in [-0.15, -0.1) is 11.3 Å². The zero-order valence-electron chi connectivity index (χ0n) is 13.1. The summed E-state index contributed by atoms with van der Waals surface area (Å²) in [5.41, 5.74) is 4.51. The molecular weight excluding hydrogens is 334 g/mol. The molecule has 0 saturated carbocycles. The molecule has 2 aromatic carbocycles. The van der Waals surface area contributed by atoms with Gasteiger partial charge < -0.3 is 0 Å². The quantitative estimate of drug-likeness (QED) is 0.367. The van der Waals surface area contributed by atoms with E-state index in [1.165, 1.54) is 11.1 Å². The highest BCUT2D eigenvalue weighted by atomic mass is 32.2. The zero-order valence-corrected chi connectivity index (χ0v) is 14.8. The predicted octanol–water partition coefficient (Wildman–Crippen LogP) is 5.35. The number of thiazole rings is 1. The Morgan fingerprint density at radius 2 is 1.83 bits per heavy atom. The monoisotopic (exact) mass is 349 g/mol.